The van der Waals surface area contributed by atoms with Gasteiger partial charge < -0.3 is 10.6 Å². The average molecular weight is 419 g/mol. The standard InChI is InChI=1S/C20H22N2O4S2/c1-12-4-6-16(13(2)10-12)21-19(23)8-9-28(25,26)15-5-7-18-17(11-15)22-20(24)14(3)27-18/h4-7,10-11,14H,8-9H2,1-3H3,(H,21,23)(H,22,24)/t14-/m1/s1. The van der Waals surface area contributed by atoms with Crippen LogP contribution in [0.2, 0.25) is 0 Å². The van der Waals surface area contributed by atoms with Crippen LogP contribution in [0.3, 0.4) is 0 Å². The molecule has 28 heavy (non-hydrogen) atoms. The van der Waals surface area contributed by atoms with Crippen LogP contribution in [-0.2, 0) is 19.4 Å². The van der Waals surface area contributed by atoms with Crippen LogP contribution < -0.4 is 10.6 Å². The molecule has 1 atom stereocenters. The van der Waals surface area contributed by atoms with Gasteiger partial charge in [0.2, 0.25) is 11.8 Å². The third-order valence-corrected chi connectivity index (χ3v) is 7.39. The van der Waals surface area contributed by atoms with Crippen molar-refractivity contribution in [3.63, 3.8) is 0 Å². The van der Waals surface area contributed by atoms with E-state index < -0.39 is 9.84 Å². The molecule has 0 aromatic heterocycles. The second-order valence-corrected chi connectivity index (χ2v) is 10.3. The number of amides is 2. The summed E-state index contributed by atoms with van der Waals surface area (Å²) in [6.07, 6.45) is -0.148. The molecular weight excluding hydrogens is 396 g/mol. The Bertz CT molecular complexity index is 1050. The molecule has 6 nitrogen and oxygen atoms in total. The molecule has 3 rings (SSSR count). The maximum atomic E-state index is 12.6. The number of hydrogen-bond acceptors (Lipinski definition) is 5. The van der Waals surface area contributed by atoms with Crippen LogP contribution in [0.5, 0.6) is 0 Å². The third-order valence-electron chi connectivity index (χ3n) is 4.49. The van der Waals surface area contributed by atoms with Crippen LogP contribution >= 0.6 is 11.8 Å². The summed E-state index contributed by atoms with van der Waals surface area (Å²) >= 11 is 1.39. The maximum Gasteiger partial charge on any atom is 0.237 e. The molecule has 0 saturated carbocycles. The maximum absolute atomic E-state index is 12.6. The van der Waals surface area contributed by atoms with E-state index >= 15 is 0 Å². The van der Waals surface area contributed by atoms with Crippen LogP contribution in [0.25, 0.3) is 0 Å². The van der Waals surface area contributed by atoms with Crippen molar-refractivity contribution >= 4 is 44.8 Å². The predicted molar refractivity (Wildman–Crippen MR) is 112 cm³/mol. The van der Waals surface area contributed by atoms with Gasteiger partial charge >= 0.3 is 0 Å². The van der Waals surface area contributed by atoms with Crippen molar-refractivity contribution in [3.05, 3.63) is 47.5 Å². The number of anilines is 2. The van der Waals surface area contributed by atoms with E-state index in [1.807, 2.05) is 32.0 Å². The van der Waals surface area contributed by atoms with Gasteiger partial charge in [-0.2, -0.15) is 0 Å². The molecule has 1 aliphatic rings. The summed E-state index contributed by atoms with van der Waals surface area (Å²) in [6, 6.07) is 10.3. The topological polar surface area (TPSA) is 92.3 Å². The molecule has 2 aromatic rings. The van der Waals surface area contributed by atoms with E-state index in [0.717, 1.165) is 16.0 Å². The van der Waals surface area contributed by atoms with E-state index in [4.69, 9.17) is 0 Å². The lowest BCUT2D eigenvalue weighted by Gasteiger charge is -2.21. The predicted octanol–water partition coefficient (Wildman–Crippen LogP) is 3.54. The van der Waals surface area contributed by atoms with E-state index in [2.05, 4.69) is 10.6 Å². The molecule has 0 saturated heterocycles. The van der Waals surface area contributed by atoms with Gasteiger partial charge in [-0.25, -0.2) is 8.42 Å². The first-order valence-electron chi connectivity index (χ1n) is 8.87. The highest BCUT2D eigenvalue weighted by Crippen LogP contribution is 2.36. The van der Waals surface area contributed by atoms with Gasteiger partial charge in [-0.3, -0.25) is 9.59 Å². The lowest BCUT2D eigenvalue weighted by atomic mass is 10.1. The van der Waals surface area contributed by atoms with Gasteiger partial charge in [0, 0.05) is 17.0 Å². The minimum absolute atomic E-state index is 0.0982. The van der Waals surface area contributed by atoms with Gasteiger partial charge in [-0.1, -0.05) is 17.7 Å². The van der Waals surface area contributed by atoms with Gasteiger partial charge in [0.15, 0.2) is 9.84 Å². The second-order valence-electron chi connectivity index (χ2n) is 6.84. The number of rotatable bonds is 5. The minimum Gasteiger partial charge on any atom is -0.326 e. The number of benzene rings is 2. The molecule has 148 valence electrons. The van der Waals surface area contributed by atoms with E-state index in [9.17, 15) is 18.0 Å². The summed E-state index contributed by atoms with van der Waals surface area (Å²) in [5, 5.41) is 5.27. The zero-order chi connectivity index (χ0) is 20.5. The number of carbonyl (C=O) groups is 2. The minimum atomic E-state index is -3.65. The van der Waals surface area contributed by atoms with Crippen LogP contribution in [0.15, 0.2) is 46.2 Å². The quantitative estimate of drug-likeness (QED) is 0.775. The van der Waals surface area contributed by atoms with Gasteiger partial charge in [0.25, 0.3) is 0 Å². The van der Waals surface area contributed by atoms with E-state index in [1.165, 1.54) is 23.9 Å². The second kappa shape index (κ2) is 7.97. The largest absolute Gasteiger partial charge is 0.326 e. The van der Waals surface area contributed by atoms with Gasteiger partial charge in [0.1, 0.15) is 0 Å². The number of sulfone groups is 1. The molecular formula is C20H22N2O4S2. The molecule has 1 aliphatic heterocycles. The zero-order valence-corrected chi connectivity index (χ0v) is 17.5. The van der Waals surface area contributed by atoms with Gasteiger partial charge in [-0.05, 0) is 50.6 Å². The van der Waals surface area contributed by atoms with Crippen LogP contribution in [-0.4, -0.2) is 31.2 Å². The van der Waals surface area contributed by atoms with Crippen molar-refractivity contribution in [2.45, 2.75) is 42.2 Å². The average Bonchev–Trinajstić information content (AvgIpc) is 2.63. The molecule has 2 amide bonds. The van der Waals surface area contributed by atoms with Crippen molar-refractivity contribution in [1.82, 2.24) is 0 Å². The number of hydrogen-bond donors (Lipinski definition) is 2. The lowest BCUT2D eigenvalue weighted by Crippen LogP contribution is -2.26. The molecule has 2 aromatic carbocycles. The Balaban J connectivity index is 1.68. The van der Waals surface area contributed by atoms with Gasteiger partial charge in [-0.15, -0.1) is 11.8 Å². The van der Waals surface area contributed by atoms with Crippen molar-refractivity contribution in [3.8, 4) is 0 Å². The van der Waals surface area contributed by atoms with Crippen molar-refractivity contribution < 1.29 is 18.0 Å². The number of fused-ring (bicyclic) bond motifs is 1. The fourth-order valence-corrected chi connectivity index (χ4v) is 5.09. The van der Waals surface area contributed by atoms with E-state index in [1.54, 1.807) is 13.0 Å². The van der Waals surface area contributed by atoms with Crippen molar-refractivity contribution in [2.75, 3.05) is 16.4 Å². The smallest absolute Gasteiger partial charge is 0.237 e. The van der Waals surface area contributed by atoms with E-state index in [-0.39, 0.29) is 34.1 Å². The summed E-state index contributed by atoms with van der Waals surface area (Å²) in [6.45, 7) is 5.65. The number of aryl methyl sites for hydroxylation is 2. The van der Waals surface area contributed by atoms with Crippen LogP contribution in [0.1, 0.15) is 24.5 Å². The highest BCUT2D eigenvalue weighted by Gasteiger charge is 2.25. The molecule has 8 heteroatoms. The molecule has 0 bridgehead atoms. The molecule has 0 unspecified atom stereocenters. The fourth-order valence-electron chi connectivity index (χ4n) is 2.89. The van der Waals surface area contributed by atoms with Crippen LogP contribution in [0.4, 0.5) is 11.4 Å². The number of carbonyl (C=O) groups excluding carboxylic acids is 2. The molecule has 0 radical (unpaired) electrons. The number of thioether (sulfide) groups is 1. The van der Waals surface area contributed by atoms with Crippen molar-refractivity contribution in [2.24, 2.45) is 0 Å². The summed E-state index contributed by atoms with van der Waals surface area (Å²) < 4.78 is 25.3. The summed E-state index contributed by atoms with van der Waals surface area (Å²) in [5.74, 6) is -0.814. The van der Waals surface area contributed by atoms with Gasteiger partial charge in [0.05, 0.1) is 21.6 Å². The zero-order valence-electron chi connectivity index (χ0n) is 15.9. The highest BCUT2D eigenvalue weighted by molar-refractivity contribution is 8.01. The number of nitrogens with one attached hydrogen (secondary N) is 2. The molecule has 2 N–H and O–H groups in total. The Labute approximate surface area is 169 Å². The molecule has 0 aliphatic carbocycles. The molecule has 0 spiro atoms. The summed E-state index contributed by atoms with van der Waals surface area (Å²) in [7, 11) is -3.65. The Kier molecular flexibility index (Phi) is 5.81. The Morgan fingerprint density at radius 1 is 1.18 bits per heavy atom. The molecule has 1 heterocycles. The fraction of sp³-hybridized carbons (Fsp3) is 0.300. The normalized spacial score (nSPS) is 16.2. The third kappa shape index (κ3) is 4.56. The Morgan fingerprint density at radius 2 is 1.93 bits per heavy atom. The highest BCUT2D eigenvalue weighted by atomic mass is 32.2. The Morgan fingerprint density at radius 3 is 2.64 bits per heavy atom. The SMILES string of the molecule is Cc1ccc(NC(=O)CCS(=O)(=O)c2ccc3c(c2)NC(=O)[C@@H](C)S3)c(C)c1. The first-order valence-corrected chi connectivity index (χ1v) is 11.4. The summed E-state index contributed by atoms with van der Waals surface area (Å²) in [4.78, 5) is 25.0. The first-order chi connectivity index (χ1) is 13.2. The monoisotopic (exact) mass is 418 g/mol. The summed E-state index contributed by atoms with van der Waals surface area (Å²) in [5.41, 5.74) is 3.18. The molecule has 0 fully saturated rings. The Hall–Kier alpha value is -2.32. The van der Waals surface area contributed by atoms with Crippen molar-refractivity contribution in [1.29, 1.82) is 0 Å². The first kappa shape index (κ1) is 20.4. The van der Waals surface area contributed by atoms with Crippen LogP contribution in [0, 0.1) is 13.8 Å². The lowest BCUT2D eigenvalue weighted by molar-refractivity contribution is -0.116. The van der Waals surface area contributed by atoms with E-state index in [0.29, 0.717) is 11.4 Å².